The van der Waals surface area contributed by atoms with Crippen molar-refractivity contribution in [3.63, 3.8) is 0 Å². The van der Waals surface area contributed by atoms with Crippen molar-refractivity contribution in [2.75, 3.05) is 27.9 Å². The average molecular weight is 579 g/mol. The smallest absolute Gasteiger partial charge is 0.333 e. The molecule has 1 aromatic carbocycles. The number of fused-ring (bicyclic) bond motifs is 6. The Balaban J connectivity index is 1.79. The number of hydrogen-bond acceptors (Lipinski definition) is 11. The summed E-state index contributed by atoms with van der Waals surface area (Å²) in [5, 5.41) is 22.4. The second-order valence-corrected chi connectivity index (χ2v) is 10.5. The molecule has 3 heterocycles. The highest BCUT2D eigenvalue weighted by molar-refractivity contribution is 6.27. The number of hydrogen-bond donors (Lipinski definition) is 2. The lowest BCUT2D eigenvalue weighted by molar-refractivity contribution is -0.147. The molecule has 42 heavy (non-hydrogen) atoms. The molecule has 1 fully saturated rings. The molecule has 2 bridgehead atoms. The molecule has 1 unspecified atom stereocenters. The van der Waals surface area contributed by atoms with Gasteiger partial charge in [-0.1, -0.05) is 6.08 Å². The molecule has 3 aliphatic heterocycles. The van der Waals surface area contributed by atoms with Gasteiger partial charge in [-0.3, -0.25) is 24.1 Å². The van der Waals surface area contributed by atoms with E-state index in [0.29, 0.717) is 0 Å². The molecular weight excluding hydrogens is 548 g/mol. The van der Waals surface area contributed by atoms with Crippen LogP contribution in [0, 0.1) is 6.92 Å². The van der Waals surface area contributed by atoms with Crippen LogP contribution in [0.2, 0.25) is 0 Å². The summed E-state index contributed by atoms with van der Waals surface area (Å²) in [4.78, 5) is 70.5. The van der Waals surface area contributed by atoms with Gasteiger partial charge in [-0.2, -0.15) is 0 Å². The summed E-state index contributed by atoms with van der Waals surface area (Å²) in [6.07, 6.45) is 2.91. The van der Waals surface area contributed by atoms with E-state index in [2.05, 4.69) is 0 Å². The maximum absolute atomic E-state index is 14.2. The van der Waals surface area contributed by atoms with Gasteiger partial charge in [0.2, 0.25) is 5.78 Å². The standard InChI is InChI=1S/C30H30N2O10/c1-8-11(2)30(39)42-10-16-17-14(22(33)12(3)27(40-6)25(17)36)9-15-20-18-19(23(34)13(4)28(41-7)26(18)37)24(35)21(31(20)5)29(38)32(15)16/h8-9,16,20-21,34,37H,10H2,1-7H3/b11-8-/t16?,20-,21-/m0/s1. The topological polar surface area (TPSA) is 160 Å². The number of amides is 1. The second kappa shape index (κ2) is 9.98. The molecule has 3 atom stereocenters. The molecule has 2 N–H and O–H groups in total. The van der Waals surface area contributed by atoms with Gasteiger partial charge < -0.3 is 29.3 Å². The number of esters is 1. The van der Waals surface area contributed by atoms with Gasteiger partial charge in [0.05, 0.1) is 25.8 Å². The van der Waals surface area contributed by atoms with Crippen LogP contribution in [-0.2, 0) is 28.7 Å². The van der Waals surface area contributed by atoms with Crippen LogP contribution >= 0.6 is 0 Å². The van der Waals surface area contributed by atoms with Crippen molar-refractivity contribution in [2.45, 2.75) is 45.8 Å². The predicted molar refractivity (Wildman–Crippen MR) is 146 cm³/mol. The lowest BCUT2D eigenvalue weighted by atomic mass is 9.75. The first-order valence-electron chi connectivity index (χ1n) is 13.1. The Bertz CT molecular complexity index is 1640. The number of rotatable bonds is 5. The van der Waals surface area contributed by atoms with Crippen LogP contribution in [0.25, 0.3) is 0 Å². The first-order valence-corrected chi connectivity index (χ1v) is 13.1. The van der Waals surface area contributed by atoms with Gasteiger partial charge in [0.25, 0.3) is 5.91 Å². The summed E-state index contributed by atoms with van der Waals surface area (Å²) < 4.78 is 16.1. The highest BCUT2D eigenvalue weighted by Crippen LogP contribution is 2.55. The number of methoxy groups -OCH3 is 2. The van der Waals surface area contributed by atoms with Gasteiger partial charge in [-0.15, -0.1) is 0 Å². The van der Waals surface area contributed by atoms with Gasteiger partial charge in [0.1, 0.15) is 18.4 Å². The van der Waals surface area contributed by atoms with Gasteiger partial charge in [0, 0.05) is 39.1 Å². The molecule has 1 aromatic rings. The summed E-state index contributed by atoms with van der Waals surface area (Å²) >= 11 is 0. The van der Waals surface area contributed by atoms with E-state index in [4.69, 9.17) is 14.2 Å². The average Bonchev–Trinajstić information content (AvgIpc) is 2.96. The molecule has 12 nitrogen and oxygen atoms in total. The van der Waals surface area contributed by atoms with E-state index < -0.39 is 65.5 Å². The third-order valence-electron chi connectivity index (χ3n) is 8.42. The van der Waals surface area contributed by atoms with Crippen LogP contribution in [0.1, 0.15) is 48.3 Å². The Morgan fingerprint density at radius 2 is 1.69 bits per heavy atom. The number of aromatic hydroxyl groups is 2. The first kappa shape index (κ1) is 28.8. The number of piperazine rings is 1. The van der Waals surface area contributed by atoms with E-state index in [0.717, 1.165) is 0 Å². The molecule has 1 saturated heterocycles. The normalized spacial score (nSPS) is 23.9. The van der Waals surface area contributed by atoms with Crippen LogP contribution in [0.3, 0.4) is 0 Å². The number of phenolic OH excluding ortho intramolecular Hbond substituents is 2. The zero-order chi connectivity index (χ0) is 30.9. The van der Waals surface area contributed by atoms with Crippen LogP contribution in [-0.4, -0.2) is 89.2 Å². The summed E-state index contributed by atoms with van der Waals surface area (Å²) in [5.74, 6) is -4.56. The Kier molecular flexibility index (Phi) is 6.85. The molecule has 0 spiro atoms. The number of carbonyl (C=O) groups is 5. The van der Waals surface area contributed by atoms with Crippen molar-refractivity contribution < 1.29 is 48.4 Å². The lowest BCUT2D eigenvalue weighted by Gasteiger charge is -2.52. The fourth-order valence-corrected chi connectivity index (χ4v) is 6.18. The number of ether oxygens (including phenoxy) is 3. The lowest BCUT2D eigenvalue weighted by Crippen LogP contribution is -2.65. The Morgan fingerprint density at radius 3 is 2.29 bits per heavy atom. The minimum absolute atomic E-state index is 0.0218. The molecule has 1 aliphatic carbocycles. The molecule has 12 heteroatoms. The molecule has 0 saturated carbocycles. The predicted octanol–water partition coefficient (Wildman–Crippen LogP) is 1.94. The minimum Gasteiger partial charge on any atom is -0.507 e. The number of carbonyl (C=O) groups excluding carboxylic acids is 5. The number of phenols is 2. The number of ketones is 3. The Morgan fingerprint density at radius 1 is 1.02 bits per heavy atom. The molecule has 4 aliphatic rings. The van der Waals surface area contributed by atoms with Crippen molar-refractivity contribution in [1.82, 2.24) is 9.80 Å². The van der Waals surface area contributed by atoms with Crippen LogP contribution in [0.4, 0.5) is 0 Å². The molecule has 5 rings (SSSR count). The minimum atomic E-state index is -1.45. The third-order valence-corrected chi connectivity index (χ3v) is 8.42. The van der Waals surface area contributed by atoms with E-state index in [-0.39, 0.29) is 56.2 Å². The van der Waals surface area contributed by atoms with Crippen molar-refractivity contribution in [3.8, 4) is 17.2 Å². The maximum atomic E-state index is 14.2. The van der Waals surface area contributed by atoms with Crippen LogP contribution in [0.15, 0.2) is 45.9 Å². The number of allylic oxidation sites excluding steroid dienone is 5. The van der Waals surface area contributed by atoms with Crippen LogP contribution in [0.5, 0.6) is 17.2 Å². The van der Waals surface area contributed by atoms with Crippen LogP contribution < -0.4 is 4.74 Å². The first-order chi connectivity index (χ1) is 19.8. The van der Waals surface area contributed by atoms with E-state index in [1.807, 2.05) is 0 Å². The SMILES string of the molecule is C/C=C(/C)C(=O)OCC1C2=C(C=C3[C@H]4c5c(O)c(OC)c(C)c(O)c5C(=O)[C@@H](C(=O)N31)N4C)C(=O)C(C)=C(OC)C2=O. The van der Waals surface area contributed by atoms with Crippen molar-refractivity contribution >= 4 is 29.2 Å². The number of benzene rings is 1. The maximum Gasteiger partial charge on any atom is 0.333 e. The molecule has 0 aromatic heterocycles. The largest absolute Gasteiger partial charge is 0.507 e. The fraction of sp³-hybridized carbons (Fsp3) is 0.367. The Hall–Kier alpha value is -4.71. The summed E-state index contributed by atoms with van der Waals surface area (Å²) in [5.41, 5.74) is 0.186. The van der Waals surface area contributed by atoms with Gasteiger partial charge in [-0.25, -0.2) is 4.79 Å². The highest BCUT2D eigenvalue weighted by atomic mass is 16.5. The third kappa shape index (κ3) is 3.67. The quantitative estimate of drug-likeness (QED) is 0.173. The van der Waals surface area contributed by atoms with Gasteiger partial charge >= 0.3 is 5.97 Å². The molecular formula is C30H30N2O10. The zero-order valence-corrected chi connectivity index (χ0v) is 24.1. The second-order valence-electron chi connectivity index (χ2n) is 10.5. The highest BCUT2D eigenvalue weighted by Gasteiger charge is 2.58. The molecule has 1 amide bonds. The van der Waals surface area contributed by atoms with Crippen molar-refractivity contribution in [1.29, 1.82) is 0 Å². The summed E-state index contributed by atoms with van der Waals surface area (Å²) in [6.45, 7) is 5.58. The fourth-order valence-electron chi connectivity index (χ4n) is 6.18. The number of nitrogens with zero attached hydrogens (tertiary/aromatic N) is 2. The van der Waals surface area contributed by atoms with E-state index >= 15 is 0 Å². The van der Waals surface area contributed by atoms with Gasteiger partial charge in [-0.05, 0) is 40.8 Å². The van der Waals surface area contributed by atoms with Gasteiger partial charge in [0.15, 0.2) is 34.9 Å². The number of Topliss-reactive ketones (excluding diaryl/α,β-unsaturated/α-hetero) is 3. The van der Waals surface area contributed by atoms with Crippen molar-refractivity contribution in [3.05, 3.63) is 62.6 Å². The Labute approximate surface area is 241 Å². The van der Waals surface area contributed by atoms with E-state index in [1.54, 1.807) is 6.92 Å². The molecule has 0 radical (unpaired) electrons. The number of likely N-dealkylation sites (N-methyl/N-ethyl adjacent to an activating group) is 1. The monoisotopic (exact) mass is 578 g/mol. The zero-order valence-electron chi connectivity index (χ0n) is 24.1. The summed E-state index contributed by atoms with van der Waals surface area (Å²) in [6, 6.07) is -3.79. The van der Waals surface area contributed by atoms with Crippen molar-refractivity contribution in [2.24, 2.45) is 0 Å². The van der Waals surface area contributed by atoms with E-state index in [1.165, 1.54) is 64.0 Å². The van der Waals surface area contributed by atoms with E-state index in [9.17, 15) is 34.2 Å². The molecule has 220 valence electrons. The summed E-state index contributed by atoms with van der Waals surface area (Å²) in [7, 11) is 4.05.